The third-order valence-corrected chi connectivity index (χ3v) is 6.64. The first-order valence-electron chi connectivity index (χ1n) is 9.84. The van der Waals surface area contributed by atoms with Gasteiger partial charge in [-0.25, -0.2) is 0 Å². The van der Waals surface area contributed by atoms with E-state index in [1.54, 1.807) is 4.90 Å². The van der Waals surface area contributed by atoms with Crippen molar-refractivity contribution in [1.29, 1.82) is 0 Å². The third kappa shape index (κ3) is 4.35. The number of rotatable bonds is 6. The Morgan fingerprint density at radius 1 is 1.22 bits per heavy atom. The molecule has 2 fully saturated rings. The highest BCUT2D eigenvalue weighted by molar-refractivity contribution is 8.00. The smallest absolute Gasteiger partial charge is 0.236 e. The summed E-state index contributed by atoms with van der Waals surface area (Å²) in [5, 5.41) is 9.34. The Morgan fingerprint density at radius 2 is 1.93 bits per heavy atom. The van der Waals surface area contributed by atoms with Crippen molar-refractivity contribution in [1.82, 2.24) is 19.7 Å². The van der Waals surface area contributed by atoms with Gasteiger partial charge in [0.2, 0.25) is 5.91 Å². The van der Waals surface area contributed by atoms with Gasteiger partial charge in [-0.2, -0.15) is 0 Å². The Bertz CT molecular complexity index is 781. The molecule has 27 heavy (non-hydrogen) atoms. The van der Waals surface area contributed by atoms with E-state index in [0.29, 0.717) is 5.92 Å². The van der Waals surface area contributed by atoms with Crippen LogP contribution in [0, 0.1) is 0 Å². The topological polar surface area (TPSA) is 55.5 Å². The highest BCUT2D eigenvalue weighted by Gasteiger charge is 2.31. The van der Waals surface area contributed by atoms with E-state index in [9.17, 15) is 4.79 Å². The standard InChI is InChI=1S/C20H27N5OS/c1-15(27-20-22-21-18(23(20)2)17-8-9-17)19(26)25-12-10-24(11-13-25)14-16-6-4-3-5-7-16/h3-7,15,17H,8-14H2,1-2H3/p+1/t15-/m1/s1. The zero-order valence-electron chi connectivity index (χ0n) is 16.1. The molecule has 144 valence electrons. The average molecular weight is 387 g/mol. The Kier molecular flexibility index (Phi) is 5.50. The molecule has 2 aromatic rings. The maximum atomic E-state index is 12.9. The predicted molar refractivity (Wildman–Crippen MR) is 106 cm³/mol. The number of nitrogens with one attached hydrogen (secondary N) is 1. The largest absolute Gasteiger partial charge is 0.330 e. The summed E-state index contributed by atoms with van der Waals surface area (Å²) >= 11 is 1.53. The summed E-state index contributed by atoms with van der Waals surface area (Å²) in [6.07, 6.45) is 2.42. The number of thioether (sulfide) groups is 1. The predicted octanol–water partition coefficient (Wildman–Crippen LogP) is 1.10. The highest BCUT2D eigenvalue weighted by Crippen LogP contribution is 2.39. The molecule has 1 amide bonds. The molecule has 2 heterocycles. The van der Waals surface area contributed by atoms with Gasteiger partial charge in [0.1, 0.15) is 12.4 Å². The van der Waals surface area contributed by atoms with Crippen LogP contribution in [0.2, 0.25) is 0 Å². The second-order valence-corrected chi connectivity index (χ2v) is 8.98. The van der Waals surface area contributed by atoms with Gasteiger partial charge in [0, 0.05) is 18.5 Å². The van der Waals surface area contributed by atoms with Gasteiger partial charge in [0.05, 0.1) is 31.4 Å². The van der Waals surface area contributed by atoms with Crippen LogP contribution in [-0.2, 0) is 18.4 Å². The molecule has 1 atom stereocenters. The minimum Gasteiger partial charge on any atom is -0.330 e. The van der Waals surface area contributed by atoms with Crippen molar-refractivity contribution < 1.29 is 9.69 Å². The molecule has 1 aliphatic heterocycles. The second kappa shape index (κ2) is 8.02. The van der Waals surface area contributed by atoms with E-state index in [0.717, 1.165) is 43.7 Å². The molecule has 1 N–H and O–H groups in total. The number of benzene rings is 1. The molecule has 1 aliphatic carbocycles. The van der Waals surface area contributed by atoms with E-state index in [1.807, 2.05) is 18.9 Å². The highest BCUT2D eigenvalue weighted by atomic mass is 32.2. The van der Waals surface area contributed by atoms with Gasteiger partial charge >= 0.3 is 0 Å². The van der Waals surface area contributed by atoms with Gasteiger partial charge in [-0.3, -0.25) is 4.79 Å². The average Bonchev–Trinajstić information content (AvgIpc) is 3.47. The van der Waals surface area contributed by atoms with Crippen molar-refractivity contribution in [2.75, 3.05) is 26.2 Å². The minimum atomic E-state index is -0.129. The molecule has 4 rings (SSSR count). The Labute approximate surface area is 164 Å². The van der Waals surface area contributed by atoms with Crippen LogP contribution in [0.5, 0.6) is 0 Å². The number of carbonyl (C=O) groups is 1. The molecular weight excluding hydrogens is 358 g/mol. The molecule has 1 saturated carbocycles. The van der Waals surface area contributed by atoms with Crippen molar-refractivity contribution in [2.45, 2.75) is 42.6 Å². The lowest BCUT2D eigenvalue weighted by molar-refractivity contribution is -0.917. The van der Waals surface area contributed by atoms with Gasteiger partial charge in [-0.1, -0.05) is 42.1 Å². The van der Waals surface area contributed by atoms with Crippen LogP contribution in [0.3, 0.4) is 0 Å². The van der Waals surface area contributed by atoms with Crippen LogP contribution < -0.4 is 4.90 Å². The van der Waals surface area contributed by atoms with Crippen LogP contribution in [0.4, 0.5) is 0 Å². The number of quaternary nitrogens is 1. The fourth-order valence-corrected chi connectivity index (χ4v) is 4.60. The first-order valence-corrected chi connectivity index (χ1v) is 10.7. The fraction of sp³-hybridized carbons (Fsp3) is 0.550. The first kappa shape index (κ1) is 18.5. The summed E-state index contributed by atoms with van der Waals surface area (Å²) in [6, 6.07) is 10.6. The number of piperazine rings is 1. The summed E-state index contributed by atoms with van der Waals surface area (Å²) < 4.78 is 2.06. The van der Waals surface area contributed by atoms with E-state index in [1.165, 1.54) is 30.2 Å². The van der Waals surface area contributed by atoms with Gasteiger partial charge in [0.25, 0.3) is 0 Å². The van der Waals surface area contributed by atoms with E-state index in [-0.39, 0.29) is 11.2 Å². The van der Waals surface area contributed by atoms with Crippen LogP contribution in [0.15, 0.2) is 35.5 Å². The molecule has 7 heteroatoms. The molecule has 0 radical (unpaired) electrons. The molecule has 0 bridgehead atoms. The fourth-order valence-electron chi connectivity index (χ4n) is 3.70. The van der Waals surface area contributed by atoms with Crippen molar-refractivity contribution >= 4 is 17.7 Å². The quantitative estimate of drug-likeness (QED) is 0.756. The van der Waals surface area contributed by atoms with Crippen molar-refractivity contribution in [3.8, 4) is 0 Å². The molecule has 1 aromatic heterocycles. The Morgan fingerprint density at radius 3 is 2.59 bits per heavy atom. The normalized spacial score (nSPS) is 19.3. The maximum Gasteiger partial charge on any atom is 0.236 e. The second-order valence-electron chi connectivity index (χ2n) is 7.67. The summed E-state index contributed by atoms with van der Waals surface area (Å²) in [6.45, 7) is 6.70. The van der Waals surface area contributed by atoms with Crippen LogP contribution in [0.25, 0.3) is 0 Å². The van der Waals surface area contributed by atoms with Crippen LogP contribution in [-0.4, -0.2) is 57.0 Å². The van der Waals surface area contributed by atoms with Crippen molar-refractivity contribution in [2.24, 2.45) is 7.05 Å². The Balaban J connectivity index is 1.28. The van der Waals surface area contributed by atoms with Gasteiger partial charge in [-0.05, 0) is 19.8 Å². The molecule has 2 aliphatic rings. The lowest BCUT2D eigenvalue weighted by Crippen LogP contribution is -3.13. The number of hydrogen-bond donors (Lipinski definition) is 1. The zero-order chi connectivity index (χ0) is 18.8. The van der Waals surface area contributed by atoms with Gasteiger partial charge in [-0.15, -0.1) is 10.2 Å². The minimum absolute atomic E-state index is 0.129. The van der Waals surface area contributed by atoms with Crippen LogP contribution >= 0.6 is 11.8 Å². The molecule has 6 nitrogen and oxygen atoms in total. The number of hydrogen-bond acceptors (Lipinski definition) is 4. The lowest BCUT2D eigenvalue weighted by atomic mass is 10.2. The SMILES string of the molecule is C[C@@H](Sc1nnc(C2CC2)n1C)C(=O)N1CC[NH+](Cc2ccccc2)CC1. The molecule has 1 aromatic carbocycles. The van der Waals surface area contributed by atoms with Crippen molar-refractivity contribution in [3.63, 3.8) is 0 Å². The first-order chi connectivity index (χ1) is 13.1. The number of nitrogens with zero attached hydrogens (tertiary/aromatic N) is 4. The van der Waals surface area contributed by atoms with Crippen LogP contribution in [0.1, 0.15) is 37.1 Å². The van der Waals surface area contributed by atoms with Crippen molar-refractivity contribution in [3.05, 3.63) is 41.7 Å². The molecule has 0 spiro atoms. The van der Waals surface area contributed by atoms with E-state index >= 15 is 0 Å². The molecule has 1 saturated heterocycles. The number of carbonyl (C=O) groups excluding carboxylic acids is 1. The number of aromatic nitrogens is 3. The summed E-state index contributed by atoms with van der Waals surface area (Å²) in [4.78, 5) is 16.4. The number of amides is 1. The van der Waals surface area contributed by atoms with E-state index < -0.39 is 0 Å². The summed E-state index contributed by atoms with van der Waals surface area (Å²) in [5.74, 6) is 1.86. The molecular formula is C20H28N5OS+. The zero-order valence-corrected chi connectivity index (χ0v) is 16.9. The van der Waals surface area contributed by atoms with E-state index in [2.05, 4.69) is 45.1 Å². The summed E-state index contributed by atoms with van der Waals surface area (Å²) in [7, 11) is 2.01. The Hall–Kier alpha value is -1.86. The lowest BCUT2D eigenvalue weighted by Gasteiger charge is -2.33. The van der Waals surface area contributed by atoms with Gasteiger partial charge < -0.3 is 14.4 Å². The summed E-state index contributed by atoms with van der Waals surface area (Å²) in [5.41, 5.74) is 1.37. The van der Waals surface area contributed by atoms with E-state index in [4.69, 9.17) is 0 Å². The molecule has 0 unspecified atom stereocenters. The maximum absolute atomic E-state index is 12.9. The monoisotopic (exact) mass is 386 g/mol. The third-order valence-electron chi connectivity index (χ3n) is 5.52. The van der Waals surface area contributed by atoms with Gasteiger partial charge in [0.15, 0.2) is 5.16 Å².